The van der Waals surface area contributed by atoms with Crippen molar-refractivity contribution in [3.8, 4) is 0 Å². The van der Waals surface area contributed by atoms with E-state index in [4.69, 9.17) is 4.84 Å². The Balaban J connectivity index is 3.04. The molecule has 0 aliphatic carbocycles. The SMILES string of the molecule is C=CC=NOCCN(C)C. The summed E-state index contributed by atoms with van der Waals surface area (Å²) in [4.78, 5) is 6.87. The molecule has 0 aromatic carbocycles. The van der Waals surface area contributed by atoms with Crippen molar-refractivity contribution in [3.05, 3.63) is 12.7 Å². The Morgan fingerprint density at radius 2 is 2.30 bits per heavy atom. The van der Waals surface area contributed by atoms with Crippen molar-refractivity contribution in [2.75, 3.05) is 27.2 Å². The Kier molecular flexibility index (Phi) is 5.77. The van der Waals surface area contributed by atoms with Crippen LogP contribution in [0.4, 0.5) is 0 Å². The zero-order chi connectivity index (χ0) is 7.82. The second-order valence-corrected chi connectivity index (χ2v) is 2.13. The third-order valence-electron chi connectivity index (χ3n) is 0.871. The molecule has 58 valence electrons. The molecule has 0 aromatic rings. The Bertz CT molecular complexity index is 110. The summed E-state index contributed by atoms with van der Waals surface area (Å²) in [6, 6.07) is 0. The van der Waals surface area contributed by atoms with Gasteiger partial charge in [-0.15, -0.1) is 0 Å². The first kappa shape index (κ1) is 9.17. The van der Waals surface area contributed by atoms with E-state index in [9.17, 15) is 0 Å². The fourth-order valence-electron chi connectivity index (χ4n) is 0.362. The molecule has 3 heteroatoms. The highest BCUT2D eigenvalue weighted by molar-refractivity contribution is 5.69. The molecular formula is C7H14N2O. The van der Waals surface area contributed by atoms with Gasteiger partial charge >= 0.3 is 0 Å². The van der Waals surface area contributed by atoms with E-state index in [0.29, 0.717) is 6.61 Å². The molecule has 0 aliphatic heterocycles. The first-order valence-corrected chi connectivity index (χ1v) is 3.18. The minimum Gasteiger partial charge on any atom is -0.394 e. The van der Waals surface area contributed by atoms with Crippen LogP contribution in [-0.4, -0.2) is 38.4 Å². The smallest absolute Gasteiger partial charge is 0.129 e. The van der Waals surface area contributed by atoms with Crippen molar-refractivity contribution < 1.29 is 4.84 Å². The van der Waals surface area contributed by atoms with Crippen LogP contribution < -0.4 is 0 Å². The fourth-order valence-corrected chi connectivity index (χ4v) is 0.362. The molecule has 0 amide bonds. The molecule has 0 unspecified atom stereocenters. The highest BCUT2D eigenvalue weighted by Gasteiger charge is 1.86. The molecule has 0 atom stereocenters. The van der Waals surface area contributed by atoms with E-state index in [1.165, 1.54) is 6.21 Å². The number of rotatable bonds is 5. The van der Waals surface area contributed by atoms with Crippen LogP contribution in [0.3, 0.4) is 0 Å². The Morgan fingerprint density at radius 3 is 2.80 bits per heavy atom. The van der Waals surface area contributed by atoms with Gasteiger partial charge < -0.3 is 9.74 Å². The predicted octanol–water partition coefficient (Wildman–Crippen LogP) is 0.736. The standard InChI is InChI=1S/C7H14N2O/c1-4-5-8-10-7-6-9(2)3/h4-5H,1,6-7H2,2-3H3. The highest BCUT2D eigenvalue weighted by Crippen LogP contribution is 1.77. The first-order chi connectivity index (χ1) is 4.77. The zero-order valence-electron chi connectivity index (χ0n) is 6.58. The van der Waals surface area contributed by atoms with Crippen molar-refractivity contribution in [2.45, 2.75) is 0 Å². The molecule has 0 saturated heterocycles. The quantitative estimate of drug-likeness (QED) is 0.321. The van der Waals surface area contributed by atoms with E-state index in [-0.39, 0.29) is 0 Å². The van der Waals surface area contributed by atoms with E-state index >= 15 is 0 Å². The van der Waals surface area contributed by atoms with Crippen LogP contribution in [0.2, 0.25) is 0 Å². The van der Waals surface area contributed by atoms with Gasteiger partial charge in [0.2, 0.25) is 0 Å². The van der Waals surface area contributed by atoms with Crippen LogP contribution in [0.1, 0.15) is 0 Å². The van der Waals surface area contributed by atoms with Crippen molar-refractivity contribution in [3.63, 3.8) is 0 Å². The number of allylic oxidation sites excluding steroid dienone is 1. The molecule has 0 rings (SSSR count). The molecule has 0 radical (unpaired) electrons. The monoisotopic (exact) mass is 142 g/mol. The number of hydrogen-bond donors (Lipinski definition) is 0. The molecule has 3 nitrogen and oxygen atoms in total. The van der Waals surface area contributed by atoms with Crippen LogP contribution in [-0.2, 0) is 4.84 Å². The molecule has 0 N–H and O–H groups in total. The molecule has 0 saturated carbocycles. The summed E-state index contributed by atoms with van der Waals surface area (Å²) in [5.74, 6) is 0. The van der Waals surface area contributed by atoms with E-state index in [0.717, 1.165) is 6.54 Å². The lowest BCUT2D eigenvalue weighted by Gasteiger charge is -2.06. The van der Waals surface area contributed by atoms with Gasteiger partial charge in [0.25, 0.3) is 0 Å². The van der Waals surface area contributed by atoms with Crippen molar-refractivity contribution >= 4 is 6.21 Å². The van der Waals surface area contributed by atoms with E-state index in [1.807, 2.05) is 19.0 Å². The van der Waals surface area contributed by atoms with Gasteiger partial charge in [0.05, 0.1) is 6.21 Å². The third kappa shape index (κ3) is 7.17. The van der Waals surface area contributed by atoms with Gasteiger partial charge in [-0.1, -0.05) is 11.7 Å². The van der Waals surface area contributed by atoms with Gasteiger partial charge in [-0.3, -0.25) is 0 Å². The third-order valence-corrected chi connectivity index (χ3v) is 0.871. The van der Waals surface area contributed by atoms with Crippen LogP contribution in [0.5, 0.6) is 0 Å². The largest absolute Gasteiger partial charge is 0.394 e. The van der Waals surface area contributed by atoms with Gasteiger partial charge in [0, 0.05) is 6.54 Å². The van der Waals surface area contributed by atoms with Crippen LogP contribution in [0.15, 0.2) is 17.8 Å². The molecule has 0 fully saturated rings. The minimum absolute atomic E-state index is 0.622. The topological polar surface area (TPSA) is 24.8 Å². The predicted molar refractivity (Wildman–Crippen MR) is 43.2 cm³/mol. The average molecular weight is 142 g/mol. The summed E-state index contributed by atoms with van der Waals surface area (Å²) >= 11 is 0. The maximum Gasteiger partial charge on any atom is 0.129 e. The molecular weight excluding hydrogens is 128 g/mol. The Hall–Kier alpha value is -0.830. The summed E-state index contributed by atoms with van der Waals surface area (Å²) in [5, 5.41) is 3.59. The van der Waals surface area contributed by atoms with Crippen LogP contribution in [0, 0.1) is 0 Å². The van der Waals surface area contributed by atoms with E-state index < -0.39 is 0 Å². The van der Waals surface area contributed by atoms with Crippen LogP contribution in [0.25, 0.3) is 0 Å². The molecule has 0 aromatic heterocycles. The maximum atomic E-state index is 4.84. The Morgan fingerprint density at radius 1 is 1.60 bits per heavy atom. The number of oxime groups is 1. The number of hydrogen-bond acceptors (Lipinski definition) is 3. The van der Waals surface area contributed by atoms with Gasteiger partial charge in [-0.05, 0) is 20.2 Å². The lowest BCUT2D eigenvalue weighted by molar-refractivity contribution is 0.127. The average Bonchev–Trinajstić information content (AvgIpc) is 1.87. The van der Waals surface area contributed by atoms with E-state index in [2.05, 4.69) is 11.7 Å². The minimum atomic E-state index is 0.622. The number of likely N-dealkylation sites (N-methyl/N-ethyl adjacent to an activating group) is 1. The second kappa shape index (κ2) is 6.29. The second-order valence-electron chi connectivity index (χ2n) is 2.13. The lowest BCUT2D eigenvalue weighted by Crippen LogP contribution is -2.16. The zero-order valence-corrected chi connectivity index (χ0v) is 6.58. The highest BCUT2D eigenvalue weighted by atomic mass is 16.6. The summed E-state index contributed by atoms with van der Waals surface area (Å²) < 4.78 is 0. The van der Waals surface area contributed by atoms with Crippen LogP contribution >= 0.6 is 0 Å². The van der Waals surface area contributed by atoms with Gasteiger partial charge in [0.15, 0.2) is 0 Å². The molecule has 0 aliphatic rings. The Labute approximate surface area is 62.0 Å². The summed E-state index contributed by atoms with van der Waals surface area (Å²) in [6.07, 6.45) is 3.10. The maximum absolute atomic E-state index is 4.84. The van der Waals surface area contributed by atoms with Crippen molar-refractivity contribution in [1.29, 1.82) is 0 Å². The summed E-state index contributed by atoms with van der Waals surface area (Å²) in [6.45, 7) is 4.96. The molecule has 0 heterocycles. The van der Waals surface area contributed by atoms with Crippen molar-refractivity contribution in [1.82, 2.24) is 4.90 Å². The van der Waals surface area contributed by atoms with Gasteiger partial charge in [-0.25, -0.2) is 0 Å². The number of nitrogens with zero attached hydrogens (tertiary/aromatic N) is 2. The molecule has 10 heavy (non-hydrogen) atoms. The lowest BCUT2D eigenvalue weighted by atomic mass is 10.6. The van der Waals surface area contributed by atoms with Crippen molar-refractivity contribution in [2.24, 2.45) is 5.16 Å². The summed E-state index contributed by atoms with van der Waals surface area (Å²) in [5.41, 5.74) is 0. The van der Waals surface area contributed by atoms with Gasteiger partial charge in [0.1, 0.15) is 6.61 Å². The fraction of sp³-hybridized carbons (Fsp3) is 0.571. The van der Waals surface area contributed by atoms with Gasteiger partial charge in [-0.2, -0.15) is 0 Å². The summed E-state index contributed by atoms with van der Waals surface area (Å²) in [7, 11) is 3.97. The molecule has 0 bridgehead atoms. The first-order valence-electron chi connectivity index (χ1n) is 3.18. The normalized spacial score (nSPS) is 10.7. The molecule has 0 spiro atoms. The van der Waals surface area contributed by atoms with E-state index in [1.54, 1.807) is 6.08 Å².